The Kier molecular flexibility index (Phi) is 5.49. The number of amides is 1. The van der Waals surface area contributed by atoms with Crippen LogP contribution in [0.4, 0.5) is 0 Å². The molecule has 1 heterocycles. The first-order valence-electron chi connectivity index (χ1n) is 7.88. The second-order valence-electron chi connectivity index (χ2n) is 5.74. The van der Waals surface area contributed by atoms with Crippen molar-refractivity contribution in [1.29, 1.82) is 0 Å². The van der Waals surface area contributed by atoms with Gasteiger partial charge in [0.15, 0.2) is 5.78 Å². The van der Waals surface area contributed by atoms with Gasteiger partial charge in [-0.15, -0.1) is 11.8 Å². The summed E-state index contributed by atoms with van der Waals surface area (Å²) in [6, 6.07) is 12.7. The summed E-state index contributed by atoms with van der Waals surface area (Å²) in [6.45, 7) is 2.20. The zero-order chi connectivity index (χ0) is 18.0. The van der Waals surface area contributed by atoms with E-state index in [0.29, 0.717) is 17.7 Å². The van der Waals surface area contributed by atoms with E-state index in [4.69, 9.17) is 4.74 Å². The Hall–Kier alpha value is -1.79. The quantitative estimate of drug-likeness (QED) is 0.681. The molecule has 1 aliphatic rings. The van der Waals surface area contributed by atoms with E-state index in [2.05, 4.69) is 15.9 Å². The number of ketones is 1. The number of Topliss-reactive ketones (excluding diaryl/α,β-unsaturated/α-hetero) is 1. The van der Waals surface area contributed by atoms with Gasteiger partial charge in [-0.25, -0.2) is 0 Å². The summed E-state index contributed by atoms with van der Waals surface area (Å²) in [6.07, 6.45) is 0. The maximum absolute atomic E-state index is 13.0. The number of hydrogen-bond acceptors (Lipinski definition) is 4. The lowest BCUT2D eigenvalue weighted by molar-refractivity contribution is 0.0758. The standard InChI is InChI=1S/C19H18BrNO3S/c1-12(22)13-3-5-14(6-4-13)18(23)21-9-10-25-19(21)16-11-15(20)7-8-17(16)24-2/h3-8,11,19H,9-10H2,1-2H3. The van der Waals surface area contributed by atoms with Crippen molar-refractivity contribution >= 4 is 39.4 Å². The third-order valence-corrected chi connectivity index (χ3v) is 5.88. The van der Waals surface area contributed by atoms with Crippen LogP contribution in [0.1, 0.15) is 38.6 Å². The van der Waals surface area contributed by atoms with Gasteiger partial charge in [-0.05, 0) is 37.3 Å². The smallest absolute Gasteiger partial charge is 0.255 e. The van der Waals surface area contributed by atoms with Crippen molar-refractivity contribution < 1.29 is 14.3 Å². The number of carbonyl (C=O) groups is 2. The molecule has 0 aromatic heterocycles. The highest BCUT2D eigenvalue weighted by Gasteiger charge is 2.33. The van der Waals surface area contributed by atoms with Crippen LogP contribution in [-0.2, 0) is 0 Å². The molecule has 1 aliphatic heterocycles. The Morgan fingerprint density at radius 2 is 1.84 bits per heavy atom. The van der Waals surface area contributed by atoms with Crippen LogP contribution in [0.2, 0.25) is 0 Å². The Bertz CT molecular complexity index is 807. The molecule has 130 valence electrons. The summed E-state index contributed by atoms with van der Waals surface area (Å²) in [5.41, 5.74) is 2.18. The largest absolute Gasteiger partial charge is 0.496 e. The molecule has 1 saturated heterocycles. The number of ether oxygens (including phenoxy) is 1. The summed E-state index contributed by atoms with van der Waals surface area (Å²) in [7, 11) is 1.64. The van der Waals surface area contributed by atoms with Gasteiger partial charge in [0, 0.05) is 33.5 Å². The van der Waals surface area contributed by atoms with Gasteiger partial charge >= 0.3 is 0 Å². The molecule has 1 fully saturated rings. The zero-order valence-corrected chi connectivity index (χ0v) is 16.4. The van der Waals surface area contributed by atoms with Crippen molar-refractivity contribution in [3.63, 3.8) is 0 Å². The predicted octanol–water partition coefficient (Wildman–Crippen LogP) is 4.55. The molecule has 0 aliphatic carbocycles. The van der Waals surface area contributed by atoms with Crippen LogP contribution in [0.25, 0.3) is 0 Å². The normalized spacial score (nSPS) is 16.8. The second-order valence-corrected chi connectivity index (χ2v) is 7.85. The molecule has 1 unspecified atom stereocenters. The molecule has 4 nitrogen and oxygen atoms in total. The minimum Gasteiger partial charge on any atom is -0.496 e. The average Bonchev–Trinajstić information content (AvgIpc) is 3.10. The topological polar surface area (TPSA) is 46.6 Å². The highest BCUT2D eigenvalue weighted by molar-refractivity contribution is 9.10. The fourth-order valence-electron chi connectivity index (χ4n) is 2.85. The molecule has 0 spiro atoms. The van der Waals surface area contributed by atoms with Crippen molar-refractivity contribution in [2.45, 2.75) is 12.3 Å². The molecular weight excluding hydrogens is 402 g/mol. The molecule has 2 aromatic carbocycles. The van der Waals surface area contributed by atoms with E-state index in [1.165, 1.54) is 6.92 Å². The Balaban J connectivity index is 1.90. The molecule has 25 heavy (non-hydrogen) atoms. The molecule has 6 heteroatoms. The molecule has 1 amide bonds. The first kappa shape index (κ1) is 18.0. The summed E-state index contributed by atoms with van der Waals surface area (Å²) in [5.74, 6) is 1.60. The van der Waals surface area contributed by atoms with Gasteiger partial charge in [-0.3, -0.25) is 9.59 Å². The van der Waals surface area contributed by atoms with Crippen molar-refractivity contribution in [2.75, 3.05) is 19.4 Å². The molecule has 0 N–H and O–H groups in total. The number of methoxy groups -OCH3 is 1. The Labute approximate surface area is 159 Å². The summed E-state index contributed by atoms with van der Waals surface area (Å²) >= 11 is 5.22. The molecule has 0 bridgehead atoms. The van der Waals surface area contributed by atoms with Gasteiger partial charge in [-0.1, -0.05) is 28.1 Å². The number of hydrogen-bond donors (Lipinski definition) is 0. The van der Waals surface area contributed by atoms with Gasteiger partial charge < -0.3 is 9.64 Å². The highest BCUT2D eigenvalue weighted by atomic mass is 79.9. The van der Waals surface area contributed by atoms with Gasteiger partial charge in [0.25, 0.3) is 5.91 Å². The van der Waals surface area contributed by atoms with Crippen molar-refractivity contribution in [3.8, 4) is 5.75 Å². The van der Waals surface area contributed by atoms with Crippen molar-refractivity contribution in [1.82, 2.24) is 4.90 Å². The van der Waals surface area contributed by atoms with Crippen LogP contribution in [0.3, 0.4) is 0 Å². The van der Waals surface area contributed by atoms with Gasteiger partial charge in [0.05, 0.1) is 7.11 Å². The molecule has 0 radical (unpaired) electrons. The molecular formula is C19H18BrNO3S. The van der Waals surface area contributed by atoms with Crippen LogP contribution in [0.5, 0.6) is 5.75 Å². The third-order valence-electron chi connectivity index (χ3n) is 4.15. The van der Waals surface area contributed by atoms with Gasteiger partial charge in [0.2, 0.25) is 0 Å². The summed E-state index contributed by atoms with van der Waals surface area (Å²) in [4.78, 5) is 26.2. The second kappa shape index (κ2) is 7.62. The van der Waals surface area contributed by atoms with E-state index in [0.717, 1.165) is 21.5 Å². The van der Waals surface area contributed by atoms with Crippen LogP contribution in [-0.4, -0.2) is 36.0 Å². The number of rotatable bonds is 4. The van der Waals surface area contributed by atoms with Gasteiger partial charge in [0.1, 0.15) is 11.1 Å². The predicted molar refractivity (Wildman–Crippen MR) is 103 cm³/mol. The summed E-state index contributed by atoms with van der Waals surface area (Å²) < 4.78 is 6.43. The van der Waals surface area contributed by atoms with E-state index in [-0.39, 0.29) is 17.1 Å². The third kappa shape index (κ3) is 3.75. The Morgan fingerprint density at radius 1 is 1.16 bits per heavy atom. The van der Waals surface area contributed by atoms with E-state index < -0.39 is 0 Å². The van der Waals surface area contributed by atoms with E-state index >= 15 is 0 Å². The molecule has 3 rings (SSSR count). The minimum absolute atomic E-state index is 0.00697. The first-order valence-corrected chi connectivity index (χ1v) is 9.72. The number of benzene rings is 2. The maximum Gasteiger partial charge on any atom is 0.255 e. The van der Waals surface area contributed by atoms with Crippen molar-refractivity contribution in [2.24, 2.45) is 0 Å². The number of carbonyl (C=O) groups excluding carboxylic acids is 2. The Morgan fingerprint density at radius 3 is 2.48 bits per heavy atom. The highest BCUT2D eigenvalue weighted by Crippen LogP contribution is 2.43. The average molecular weight is 420 g/mol. The first-order chi connectivity index (χ1) is 12.0. The minimum atomic E-state index is -0.0903. The lowest BCUT2D eigenvalue weighted by Gasteiger charge is -2.25. The van der Waals surface area contributed by atoms with Gasteiger partial charge in [-0.2, -0.15) is 0 Å². The number of halogens is 1. The monoisotopic (exact) mass is 419 g/mol. The maximum atomic E-state index is 13.0. The van der Waals surface area contributed by atoms with Crippen molar-refractivity contribution in [3.05, 3.63) is 63.6 Å². The van der Waals surface area contributed by atoms with E-state index in [9.17, 15) is 9.59 Å². The van der Waals surface area contributed by atoms with E-state index in [1.807, 2.05) is 23.1 Å². The van der Waals surface area contributed by atoms with E-state index in [1.54, 1.807) is 43.1 Å². The molecule has 0 saturated carbocycles. The van der Waals surface area contributed by atoms with Crippen LogP contribution >= 0.6 is 27.7 Å². The molecule has 1 atom stereocenters. The molecule has 2 aromatic rings. The SMILES string of the molecule is COc1ccc(Br)cc1C1SCCN1C(=O)c1ccc(C(C)=O)cc1. The lowest BCUT2D eigenvalue weighted by atomic mass is 10.1. The van der Waals surface area contributed by atoms with Crippen LogP contribution in [0.15, 0.2) is 46.9 Å². The van der Waals surface area contributed by atoms with Crippen LogP contribution < -0.4 is 4.74 Å². The number of thioether (sulfide) groups is 1. The zero-order valence-electron chi connectivity index (χ0n) is 14.0. The lowest BCUT2D eigenvalue weighted by Crippen LogP contribution is -2.30. The van der Waals surface area contributed by atoms with Crippen LogP contribution in [0, 0.1) is 0 Å². The fraction of sp³-hybridized carbons (Fsp3) is 0.263. The fourth-order valence-corrected chi connectivity index (χ4v) is 4.50. The summed E-state index contributed by atoms with van der Waals surface area (Å²) in [5, 5.41) is -0.0903. The number of nitrogens with zero attached hydrogens (tertiary/aromatic N) is 1.